The summed E-state index contributed by atoms with van der Waals surface area (Å²) in [5.41, 5.74) is 1.67. The fraction of sp³-hybridized carbons (Fsp3) is 0.121. The first-order chi connectivity index (χ1) is 18.9. The molecule has 4 aromatic carbocycles. The van der Waals surface area contributed by atoms with E-state index in [0.29, 0.717) is 27.3 Å². The Morgan fingerprint density at radius 1 is 0.821 bits per heavy atom. The number of nitrogens with zero attached hydrogens (tertiary/aromatic N) is 1. The van der Waals surface area contributed by atoms with Crippen LogP contribution < -0.4 is 4.90 Å². The Hall–Kier alpha value is -4.35. The molecule has 39 heavy (non-hydrogen) atoms. The molecule has 3 aliphatic rings. The van der Waals surface area contributed by atoms with Crippen molar-refractivity contribution >= 4 is 40.7 Å². The van der Waals surface area contributed by atoms with Gasteiger partial charge in [0.2, 0.25) is 0 Å². The highest BCUT2D eigenvalue weighted by molar-refractivity contribution is 6.32. The second kappa shape index (κ2) is 8.58. The minimum Gasteiger partial charge on any atom is -0.352 e. The Bertz CT molecular complexity index is 1690. The summed E-state index contributed by atoms with van der Waals surface area (Å²) in [5.74, 6) is -2.23. The lowest BCUT2D eigenvalue weighted by atomic mass is 9.64. The van der Waals surface area contributed by atoms with Crippen LogP contribution in [0.1, 0.15) is 48.1 Å². The Labute approximate surface area is 229 Å². The van der Waals surface area contributed by atoms with Crippen molar-refractivity contribution in [2.45, 2.75) is 18.0 Å². The van der Waals surface area contributed by atoms with E-state index in [1.807, 2.05) is 47.4 Å². The second-order valence-electron chi connectivity index (χ2n) is 10.2. The maximum absolute atomic E-state index is 14.5. The van der Waals surface area contributed by atoms with Crippen molar-refractivity contribution in [1.82, 2.24) is 0 Å². The molecule has 0 N–H and O–H groups in total. The van der Waals surface area contributed by atoms with E-state index in [9.17, 15) is 18.8 Å². The molecule has 0 amide bonds. The summed E-state index contributed by atoms with van der Waals surface area (Å²) < 4.78 is 13.8. The number of halogens is 2. The summed E-state index contributed by atoms with van der Waals surface area (Å²) in [6.45, 7) is 0. The largest absolute Gasteiger partial charge is 0.352 e. The predicted molar refractivity (Wildman–Crippen MR) is 148 cm³/mol. The summed E-state index contributed by atoms with van der Waals surface area (Å²) >= 11 is 6.45. The summed E-state index contributed by atoms with van der Waals surface area (Å²) in [7, 11) is 0. The van der Waals surface area contributed by atoms with Crippen LogP contribution >= 0.6 is 11.6 Å². The zero-order chi connectivity index (χ0) is 26.9. The number of Topliss-reactive ketones (excluding diaryl/α,β-unsaturated/α-hetero) is 3. The number of carbonyl (C=O) groups is 3. The molecule has 3 atom stereocenters. The Kier molecular flexibility index (Phi) is 5.23. The smallest absolute Gasteiger partial charge is 0.185 e. The van der Waals surface area contributed by atoms with Crippen LogP contribution in [0.25, 0.3) is 6.08 Å². The lowest BCUT2D eigenvalue weighted by Crippen LogP contribution is -2.48. The minimum atomic E-state index is -1.60. The molecule has 0 radical (unpaired) electrons. The van der Waals surface area contributed by atoms with Crippen molar-refractivity contribution in [3.63, 3.8) is 0 Å². The van der Waals surface area contributed by atoms with Gasteiger partial charge in [0.05, 0.1) is 6.04 Å². The summed E-state index contributed by atoms with van der Waals surface area (Å²) in [6.07, 6.45) is 3.79. The fourth-order valence-electron chi connectivity index (χ4n) is 6.78. The van der Waals surface area contributed by atoms with Crippen LogP contribution in [0.5, 0.6) is 0 Å². The standard InChI is InChI=1S/C33H21ClFNO3/c34-22-8-5-7-21(18-22)28-29(30(37)20-12-15-23(35)16-13-20)36-26-11-4-1-6-19(26)14-17-27(36)33(28)31(38)24-9-2-3-10-25(24)32(33)39/h1-18,27-29H/t27?,28-,29+/m1/s1. The number of benzene rings is 4. The molecule has 2 heterocycles. The molecule has 1 aliphatic carbocycles. The number of hydrogen-bond acceptors (Lipinski definition) is 4. The average molecular weight is 534 g/mol. The highest BCUT2D eigenvalue weighted by Gasteiger charge is 2.71. The number of anilines is 1. The molecule has 4 nitrogen and oxygen atoms in total. The number of ketones is 3. The monoisotopic (exact) mass is 533 g/mol. The van der Waals surface area contributed by atoms with Crippen molar-refractivity contribution in [1.29, 1.82) is 0 Å². The van der Waals surface area contributed by atoms with Gasteiger partial charge in [-0.05, 0) is 53.6 Å². The molecule has 7 rings (SSSR count). The maximum Gasteiger partial charge on any atom is 0.185 e. The molecular formula is C33H21ClFNO3. The van der Waals surface area contributed by atoms with E-state index in [-0.39, 0.29) is 17.3 Å². The van der Waals surface area contributed by atoms with Crippen molar-refractivity contribution < 1.29 is 18.8 Å². The average Bonchev–Trinajstić information content (AvgIpc) is 3.39. The first-order valence-corrected chi connectivity index (χ1v) is 13.1. The highest BCUT2D eigenvalue weighted by Crippen LogP contribution is 2.61. The van der Waals surface area contributed by atoms with E-state index in [0.717, 1.165) is 11.3 Å². The van der Waals surface area contributed by atoms with Crippen LogP contribution in [0.4, 0.5) is 10.1 Å². The molecule has 2 aliphatic heterocycles. The zero-order valence-corrected chi connectivity index (χ0v) is 21.3. The second-order valence-corrected chi connectivity index (χ2v) is 10.6. The lowest BCUT2D eigenvalue weighted by molar-refractivity contribution is 0.0666. The van der Waals surface area contributed by atoms with Gasteiger partial charge < -0.3 is 4.90 Å². The zero-order valence-electron chi connectivity index (χ0n) is 20.6. The van der Waals surface area contributed by atoms with E-state index < -0.39 is 29.2 Å². The highest BCUT2D eigenvalue weighted by atomic mass is 35.5. The molecule has 190 valence electrons. The van der Waals surface area contributed by atoms with Gasteiger partial charge in [0.15, 0.2) is 17.3 Å². The third-order valence-corrected chi connectivity index (χ3v) is 8.55. The third kappa shape index (κ3) is 3.20. The molecule has 0 saturated carbocycles. The third-order valence-electron chi connectivity index (χ3n) is 8.32. The van der Waals surface area contributed by atoms with E-state index in [4.69, 9.17) is 11.6 Å². The van der Waals surface area contributed by atoms with Gasteiger partial charge in [-0.1, -0.05) is 78.4 Å². The Morgan fingerprint density at radius 2 is 1.49 bits per heavy atom. The number of fused-ring (bicyclic) bond motifs is 5. The summed E-state index contributed by atoms with van der Waals surface area (Å²) in [4.78, 5) is 45.5. The molecule has 0 aromatic heterocycles. The number of carbonyl (C=O) groups excluding carboxylic acids is 3. The van der Waals surface area contributed by atoms with E-state index in [1.165, 1.54) is 24.3 Å². The molecule has 1 saturated heterocycles. The Morgan fingerprint density at radius 3 is 2.18 bits per heavy atom. The van der Waals surface area contributed by atoms with Crippen molar-refractivity contribution in [3.05, 3.63) is 142 Å². The van der Waals surface area contributed by atoms with Gasteiger partial charge in [0, 0.05) is 33.3 Å². The quantitative estimate of drug-likeness (QED) is 0.215. The molecule has 4 aromatic rings. The first kappa shape index (κ1) is 23.7. The molecule has 0 bridgehead atoms. The van der Waals surface area contributed by atoms with Crippen LogP contribution in [-0.2, 0) is 0 Å². The topological polar surface area (TPSA) is 54.5 Å². The number of para-hydroxylation sites is 1. The first-order valence-electron chi connectivity index (χ1n) is 12.7. The van der Waals surface area contributed by atoms with Crippen LogP contribution in [0.3, 0.4) is 0 Å². The fourth-order valence-corrected chi connectivity index (χ4v) is 6.97. The molecule has 6 heteroatoms. The number of rotatable bonds is 3. The predicted octanol–water partition coefficient (Wildman–Crippen LogP) is 6.80. The molecule has 1 unspecified atom stereocenters. The van der Waals surface area contributed by atoms with Crippen molar-refractivity contribution in [3.8, 4) is 0 Å². The SMILES string of the molecule is O=C(c1ccc(F)cc1)[C@@H]1[C@@H](c2cccc(Cl)c2)C2(C(=O)c3ccccc3C2=O)C2C=Cc3ccccc3N21. The van der Waals surface area contributed by atoms with E-state index in [1.54, 1.807) is 42.5 Å². The van der Waals surface area contributed by atoms with Gasteiger partial charge in [0.25, 0.3) is 0 Å². The number of hydrogen-bond donors (Lipinski definition) is 0. The van der Waals surface area contributed by atoms with Crippen LogP contribution in [-0.4, -0.2) is 29.4 Å². The normalized spacial score (nSPS) is 22.1. The Balaban J connectivity index is 1.55. The van der Waals surface area contributed by atoms with Gasteiger partial charge in [-0.2, -0.15) is 0 Å². The van der Waals surface area contributed by atoms with Crippen LogP contribution in [0.15, 0.2) is 103 Å². The molecular weight excluding hydrogens is 513 g/mol. The van der Waals surface area contributed by atoms with Crippen molar-refractivity contribution in [2.75, 3.05) is 4.90 Å². The molecule has 1 fully saturated rings. The van der Waals surface area contributed by atoms with Crippen LogP contribution in [0.2, 0.25) is 5.02 Å². The molecule has 1 spiro atoms. The summed E-state index contributed by atoms with van der Waals surface area (Å²) in [5, 5.41) is 0.437. The maximum atomic E-state index is 14.5. The van der Waals surface area contributed by atoms with Gasteiger partial charge in [0.1, 0.15) is 17.3 Å². The van der Waals surface area contributed by atoms with Crippen LogP contribution in [0, 0.1) is 11.2 Å². The minimum absolute atomic E-state index is 0.298. The van der Waals surface area contributed by atoms with Gasteiger partial charge in [-0.15, -0.1) is 0 Å². The van der Waals surface area contributed by atoms with Crippen molar-refractivity contribution in [2.24, 2.45) is 5.41 Å². The summed E-state index contributed by atoms with van der Waals surface area (Å²) in [6, 6.07) is 25.2. The van der Waals surface area contributed by atoms with Gasteiger partial charge in [-0.25, -0.2) is 4.39 Å². The van der Waals surface area contributed by atoms with E-state index in [2.05, 4.69) is 0 Å². The van der Waals surface area contributed by atoms with Gasteiger partial charge in [-0.3, -0.25) is 14.4 Å². The van der Waals surface area contributed by atoms with E-state index >= 15 is 0 Å². The lowest BCUT2D eigenvalue weighted by Gasteiger charge is -2.37. The van der Waals surface area contributed by atoms with Gasteiger partial charge >= 0.3 is 0 Å².